The second kappa shape index (κ2) is 5.58. The summed E-state index contributed by atoms with van der Waals surface area (Å²) in [4.78, 5) is 18.0. The number of thiazole rings is 1. The number of halogens is 3. The van der Waals surface area contributed by atoms with E-state index in [2.05, 4.69) is 4.98 Å². The van der Waals surface area contributed by atoms with Gasteiger partial charge in [0.15, 0.2) is 0 Å². The number of hydrogen-bond acceptors (Lipinski definition) is 4. The van der Waals surface area contributed by atoms with E-state index in [-0.39, 0.29) is 18.2 Å². The molecule has 0 N–H and O–H groups in total. The average molecular weight is 344 g/mol. The highest BCUT2D eigenvalue weighted by Crippen LogP contribution is 2.40. The molecule has 116 valence electrons. The minimum absolute atomic E-state index is 0.112. The first-order valence-electron chi connectivity index (χ1n) is 6.41. The Morgan fingerprint density at radius 2 is 2.14 bits per heavy atom. The average Bonchev–Trinajstić information content (AvgIpc) is 2.82. The van der Waals surface area contributed by atoms with Crippen LogP contribution in [0.1, 0.15) is 16.1 Å². The zero-order valence-electron chi connectivity index (χ0n) is 11.5. The van der Waals surface area contributed by atoms with E-state index in [9.17, 15) is 18.0 Å². The van der Waals surface area contributed by atoms with E-state index in [1.54, 1.807) is 6.07 Å². The highest BCUT2D eigenvalue weighted by molar-refractivity contribution is 8.00. The number of hydrogen-bond donors (Lipinski definition) is 0. The Morgan fingerprint density at radius 1 is 1.36 bits per heavy atom. The predicted molar refractivity (Wildman–Crippen MR) is 80.2 cm³/mol. The first-order valence-corrected chi connectivity index (χ1v) is 8.21. The van der Waals surface area contributed by atoms with Crippen molar-refractivity contribution in [1.82, 2.24) is 4.98 Å². The van der Waals surface area contributed by atoms with Crippen molar-refractivity contribution in [1.29, 1.82) is 0 Å². The molecule has 1 aromatic heterocycles. The van der Waals surface area contributed by atoms with Gasteiger partial charge in [0.05, 0.1) is 22.9 Å². The molecule has 8 heteroatoms. The van der Waals surface area contributed by atoms with Gasteiger partial charge in [-0.3, -0.25) is 9.69 Å². The van der Waals surface area contributed by atoms with E-state index < -0.39 is 11.7 Å². The summed E-state index contributed by atoms with van der Waals surface area (Å²) in [6.45, 7) is 1.97. The Kier molecular flexibility index (Phi) is 3.90. The molecule has 22 heavy (non-hydrogen) atoms. The summed E-state index contributed by atoms with van der Waals surface area (Å²) < 4.78 is 38.3. The minimum atomic E-state index is -4.38. The fourth-order valence-corrected chi connectivity index (χ4v) is 4.21. The largest absolute Gasteiger partial charge is 0.416 e. The van der Waals surface area contributed by atoms with E-state index in [0.717, 1.165) is 27.2 Å². The number of anilines is 1. The topological polar surface area (TPSA) is 33.2 Å². The number of rotatable bonds is 2. The van der Waals surface area contributed by atoms with Gasteiger partial charge in [-0.15, -0.1) is 11.3 Å². The molecular formula is C14H11F3N2OS2. The van der Waals surface area contributed by atoms with E-state index in [1.807, 2.05) is 6.92 Å². The molecule has 0 fully saturated rings. The fraction of sp³-hybridized carbons (Fsp3) is 0.286. The van der Waals surface area contributed by atoms with Crippen LogP contribution >= 0.6 is 23.1 Å². The van der Waals surface area contributed by atoms with Crippen LogP contribution in [0.25, 0.3) is 0 Å². The summed E-state index contributed by atoms with van der Waals surface area (Å²) in [6.07, 6.45) is -4.38. The number of alkyl halides is 3. The van der Waals surface area contributed by atoms with E-state index in [0.29, 0.717) is 5.56 Å². The highest BCUT2D eigenvalue weighted by atomic mass is 32.2. The second-order valence-electron chi connectivity index (χ2n) is 4.81. The van der Waals surface area contributed by atoms with Gasteiger partial charge in [-0.05, 0) is 24.6 Å². The van der Waals surface area contributed by atoms with E-state index in [4.69, 9.17) is 0 Å². The Hall–Kier alpha value is -1.54. The third-order valence-electron chi connectivity index (χ3n) is 3.16. The monoisotopic (exact) mass is 344 g/mol. The molecule has 0 spiro atoms. The molecule has 0 unspecified atom stereocenters. The molecule has 0 saturated heterocycles. The zero-order valence-corrected chi connectivity index (χ0v) is 13.1. The van der Waals surface area contributed by atoms with Crippen LogP contribution < -0.4 is 4.90 Å². The number of carbonyl (C=O) groups is 1. The van der Waals surface area contributed by atoms with Crippen LogP contribution in [0.4, 0.5) is 18.2 Å². The molecule has 0 radical (unpaired) electrons. The molecule has 0 aliphatic carbocycles. The van der Waals surface area contributed by atoms with Gasteiger partial charge >= 0.3 is 6.18 Å². The summed E-state index contributed by atoms with van der Waals surface area (Å²) in [5.74, 6) is 0.147. The summed E-state index contributed by atoms with van der Waals surface area (Å²) in [6, 6.07) is 5.07. The molecule has 2 heterocycles. The van der Waals surface area contributed by atoms with Gasteiger partial charge in [0.25, 0.3) is 0 Å². The Balaban J connectivity index is 1.91. The lowest BCUT2D eigenvalue weighted by Crippen LogP contribution is -2.34. The molecule has 3 nitrogen and oxygen atoms in total. The summed E-state index contributed by atoms with van der Waals surface area (Å²) in [5.41, 5.74) is -0.253. The highest BCUT2D eigenvalue weighted by Gasteiger charge is 2.32. The third kappa shape index (κ3) is 2.98. The maximum absolute atomic E-state index is 12.8. The maximum Gasteiger partial charge on any atom is 0.416 e. The molecule has 1 aliphatic heterocycles. The zero-order chi connectivity index (χ0) is 15.9. The van der Waals surface area contributed by atoms with Gasteiger partial charge in [-0.1, -0.05) is 23.9 Å². The predicted octanol–water partition coefficient (Wildman–Crippen LogP) is 4.11. The van der Waals surface area contributed by atoms with Crippen molar-refractivity contribution in [2.45, 2.75) is 24.7 Å². The Morgan fingerprint density at radius 3 is 2.86 bits per heavy atom. The Labute approximate surface area is 133 Å². The van der Waals surface area contributed by atoms with Gasteiger partial charge < -0.3 is 0 Å². The van der Waals surface area contributed by atoms with Crippen molar-refractivity contribution >= 4 is 34.0 Å². The summed E-state index contributed by atoms with van der Waals surface area (Å²) >= 11 is 2.75. The standard InChI is InChI=1S/C14H11F3N2OS2/c1-8-18-12-13(22-8)19(11(20)7-21-12)6-9-3-2-4-10(5-9)14(15,16)17/h2-5H,6-7H2,1H3. The lowest BCUT2D eigenvalue weighted by Gasteiger charge is -2.25. The summed E-state index contributed by atoms with van der Waals surface area (Å²) in [5, 5.41) is 2.33. The maximum atomic E-state index is 12.8. The molecule has 1 amide bonds. The smallest absolute Gasteiger partial charge is 0.296 e. The molecular weight excluding hydrogens is 333 g/mol. The van der Waals surface area contributed by atoms with Gasteiger partial charge in [-0.25, -0.2) is 4.98 Å². The summed E-state index contributed by atoms with van der Waals surface area (Å²) in [7, 11) is 0. The van der Waals surface area contributed by atoms with Crippen molar-refractivity contribution in [2.24, 2.45) is 0 Å². The first kappa shape index (κ1) is 15.4. The fourth-order valence-electron chi connectivity index (χ4n) is 2.17. The molecule has 1 aromatic carbocycles. The quantitative estimate of drug-likeness (QED) is 0.822. The van der Waals surface area contributed by atoms with Crippen molar-refractivity contribution in [3.8, 4) is 0 Å². The van der Waals surface area contributed by atoms with Gasteiger partial charge in [0, 0.05) is 0 Å². The minimum Gasteiger partial charge on any atom is -0.296 e. The lowest BCUT2D eigenvalue weighted by molar-refractivity contribution is -0.137. The number of carbonyl (C=O) groups excluding carboxylic acids is 1. The van der Waals surface area contributed by atoms with Crippen molar-refractivity contribution in [3.63, 3.8) is 0 Å². The number of thioether (sulfide) groups is 1. The van der Waals surface area contributed by atoms with Crippen LogP contribution in [0, 0.1) is 6.92 Å². The number of amides is 1. The van der Waals surface area contributed by atoms with Crippen molar-refractivity contribution in [3.05, 3.63) is 40.4 Å². The van der Waals surface area contributed by atoms with Crippen LogP contribution in [-0.2, 0) is 17.5 Å². The van der Waals surface area contributed by atoms with Gasteiger partial charge in [0.2, 0.25) is 5.91 Å². The van der Waals surface area contributed by atoms with Crippen LogP contribution in [0.2, 0.25) is 0 Å². The van der Waals surface area contributed by atoms with Crippen LogP contribution in [0.5, 0.6) is 0 Å². The van der Waals surface area contributed by atoms with Gasteiger partial charge in [-0.2, -0.15) is 13.2 Å². The van der Waals surface area contributed by atoms with Crippen LogP contribution in [0.15, 0.2) is 29.3 Å². The number of nitrogens with zero attached hydrogens (tertiary/aromatic N) is 2. The molecule has 0 atom stereocenters. The van der Waals surface area contributed by atoms with E-state index in [1.165, 1.54) is 34.1 Å². The third-order valence-corrected chi connectivity index (χ3v) is 5.23. The molecule has 3 rings (SSSR count). The molecule has 0 saturated carbocycles. The SMILES string of the molecule is Cc1nc2c(s1)N(Cc1cccc(C(F)(F)F)c1)C(=O)CS2. The van der Waals surface area contributed by atoms with Crippen LogP contribution in [-0.4, -0.2) is 16.6 Å². The van der Waals surface area contributed by atoms with Crippen molar-refractivity contribution in [2.75, 3.05) is 10.7 Å². The number of aryl methyl sites for hydroxylation is 1. The number of benzene rings is 1. The number of fused-ring (bicyclic) bond motifs is 1. The molecule has 0 bridgehead atoms. The molecule has 2 aromatic rings. The molecule has 1 aliphatic rings. The lowest BCUT2D eigenvalue weighted by atomic mass is 10.1. The number of aromatic nitrogens is 1. The first-order chi connectivity index (χ1) is 10.3. The Bertz CT molecular complexity index is 727. The van der Waals surface area contributed by atoms with E-state index >= 15 is 0 Å². The van der Waals surface area contributed by atoms with Crippen molar-refractivity contribution < 1.29 is 18.0 Å². The normalized spacial score (nSPS) is 15.1. The second-order valence-corrected chi connectivity index (χ2v) is 6.96. The van der Waals surface area contributed by atoms with Crippen LogP contribution in [0.3, 0.4) is 0 Å². The van der Waals surface area contributed by atoms with Gasteiger partial charge in [0.1, 0.15) is 10.0 Å².